The van der Waals surface area contributed by atoms with Gasteiger partial charge >= 0.3 is 0 Å². The molecule has 6 nitrogen and oxygen atoms in total. The summed E-state index contributed by atoms with van der Waals surface area (Å²) in [5.74, 6) is 0.545. The maximum atomic E-state index is 10.5. The molecule has 1 fully saturated rings. The van der Waals surface area contributed by atoms with E-state index in [0.717, 1.165) is 13.1 Å². The molecule has 0 spiro atoms. The minimum atomic E-state index is -0.502. The second-order valence-electron chi connectivity index (χ2n) is 5.23. The number of rotatable bonds is 6. The summed E-state index contributed by atoms with van der Waals surface area (Å²) in [5.41, 5.74) is 0.0376. The van der Waals surface area contributed by atoms with Crippen molar-refractivity contribution < 1.29 is 19.7 Å². The number of piperidine rings is 1. The Morgan fingerprint density at radius 1 is 1.25 bits per heavy atom. The van der Waals surface area contributed by atoms with Crippen molar-refractivity contribution in [3.05, 3.63) is 34.4 Å². The molecule has 1 unspecified atom stereocenters. The van der Waals surface area contributed by atoms with Gasteiger partial charge in [0.1, 0.15) is 25.0 Å². The van der Waals surface area contributed by atoms with Crippen molar-refractivity contribution in [1.29, 1.82) is 0 Å². The number of non-ortho nitro benzene ring substituents is 1. The Hall–Kier alpha value is -1.66. The Morgan fingerprint density at radius 2 is 1.90 bits per heavy atom. The van der Waals surface area contributed by atoms with Crippen molar-refractivity contribution in [2.75, 3.05) is 26.2 Å². The molecule has 0 aromatic heterocycles. The molecule has 0 bridgehead atoms. The second-order valence-corrected chi connectivity index (χ2v) is 5.23. The highest BCUT2D eigenvalue weighted by Crippen LogP contribution is 2.17. The molecule has 20 heavy (non-hydrogen) atoms. The van der Waals surface area contributed by atoms with Crippen molar-refractivity contribution in [3.8, 4) is 5.75 Å². The van der Waals surface area contributed by atoms with E-state index in [9.17, 15) is 15.2 Å². The molecule has 0 amide bonds. The third-order valence-electron chi connectivity index (χ3n) is 3.57. The zero-order chi connectivity index (χ0) is 14.4. The first-order valence-electron chi connectivity index (χ1n) is 7.04. The molecular weight excluding hydrogens is 260 g/mol. The number of nitro groups is 1. The van der Waals surface area contributed by atoms with Crippen LogP contribution in [0.1, 0.15) is 19.3 Å². The maximum absolute atomic E-state index is 10.5. The number of aliphatic hydroxyl groups is 1. The Kier molecular flexibility index (Phi) is 5.31. The molecule has 0 radical (unpaired) electrons. The van der Waals surface area contributed by atoms with Crippen LogP contribution in [0.25, 0.3) is 0 Å². The average molecular weight is 281 g/mol. The van der Waals surface area contributed by atoms with Crippen molar-refractivity contribution >= 4 is 5.69 Å². The molecule has 1 aromatic rings. The van der Waals surface area contributed by atoms with Gasteiger partial charge in [0, 0.05) is 12.1 Å². The molecule has 1 heterocycles. The van der Waals surface area contributed by atoms with Crippen LogP contribution in [0.4, 0.5) is 5.69 Å². The summed E-state index contributed by atoms with van der Waals surface area (Å²) in [6.45, 7) is 3.16. The lowest BCUT2D eigenvalue weighted by atomic mass is 10.1. The van der Waals surface area contributed by atoms with E-state index in [1.54, 1.807) is 12.1 Å². The first-order chi connectivity index (χ1) is 9.65. The SMILES string of the molecule is O=[N+]([O-])c1ccc(OCC(O)C[NH+]2CCCCC2)cc1. The highest BCUT2D eigenvalue weighted by molar-refractivity contribution is 5.35. The minimum Gasteiger partial charge on any atom is -0.491 e. The lowest BCUT2D eigenvalue weighted by Crippen LogP contribution is -3.14. The van der Waals surface area contributed by atoms with Crippen LogP contribution >= 0.6 is 0 Å². The summed E-state index contributed by atoms with van der Waals surface area (Å²) in [6, 6.07) is 5.91. The number of nitrogens with one attached hydrogen (secondary N) is 1. The van der Waals surface area contributed by atoms with Gasteiger partial charge in [-0.2, -0.15) is 0 Å². The van der Waals surface area contributed by atoms with E-state index in [1.807, 2.05) is 0 Å². The van der Waals surface area contributed by atoms with Gasteiger partial charge in [-0.1, -0.05) is 0 Å². The van der Waals surface area contributed by atoms with Gasteiger partial charge in [0.2, 0.25) is 0 Å². The summed E-state index contributed by atoms with van der Waals surface area (Å²) in [5, 5.41) is 20.5. The lowest BCUT2D eigenvalue weighted by molar-refractivity contribution is -0.908. The van der Waals surface area contributed by atoms with Gasteiger partial charge in [0.05, 0.1) is 18.0 Å². The van der Waals surface area contributed by atoms with Gasteiger partial charge in [0.15, 0.2) is 0 Å². The number of ether oxygens (including phenoxy) is 1. The standard InChI is InChI=1S/C14H20N2O4/c17-13(10-15-8-2-1-3-9-15)11-20-14-6-4-12(5-7-14)16(18)19/h4-7,13,17H,1-3,8-11H2/p+1. The van der Waals surface area contributed by atoms with E-state index in [1.165, 1.54) is 36.3 Å². The molecule has 1 atom stereocenters. The maximum Gasteiger partial charge on any atom is 0.269 e. The molecule has 1 saturated heterocycles. The van der Waals surface area contributed by atoms with Gasteiger partial charge in [-0.3, -0.25) is 10.1 Å². The monoisotopic (exact) mass is 281 g/mol. The highest BCUT2D eigenvalue weighted by Gasteiger charge is 2.18. The van der Waals surface area contributed by atoms with Crippen LogP contribution in [0, 0.1) is 10.1 Å². The van der Waals surface area contributed by atoms with E-state index in [0.29, 0.717) is 12.3 Å². The fraction of sp³-hybridized carbons (Fsp3) is 0.571. The van der Waals surface area contributed by atoms with E-state index >= 15 is 0 Å². The third-order valence-corrected chi connectivity index (χ3v) is 3.57. The van der Waals surface area contributed by atoms with Gasteiger partial charge in [0.25, 0.3) is 5.69 Å². The van der Waals surface area contributed by atoms with Gasteiger partial charge in [-0.25, -0.2) is 0 Å². The number of quaternary nitrogens is 1. The Balaban J connectivity index is 1.74. The molecule has 2 rings (SSSR count). The van der Waals surface area contributed by atoms with Crippen molar-refractivity contribution in [2.45, 2.75) is 25.4 Å². The molecule has 2 N–H and O–H groups in total. The van der Waals surface area contributed by atoms with E-state index in [2.05, 4.69) is 0 Å². The Labute approximate surface area is 118 Å². The molecule has 1 aliphatic rings. The number of nitro benzene ring substituents is 1. The number of aliphatic hydroxyl groups excluding tert-OH is 1. The third kappa shape index (κ3) is 4.47. The van der Waals surface area contributed by atoms with Crippen molar-refractivity contribution in [1.82, 2.24) is 0 Å². The molecular formula is C14H21N2O4+. The van der Waals surface area contributed by atoms with Gasteiger partial charge in [-0.05, 0) is 31.4 Å². The van der Waals surface area contributed by atoms with E-state index < -0.39 is 11.0 Å². The van der Waals surface area contributed by atoms with Crippen molar-refractivity contribution in [3.63, 3.8) is 0 Å². The zero-order valence-electron chi connectivity index (χ0n) is 11.5. The number of likely N-dealkylation sites (tertiary alicyclic amines) is 1. The number of hydrogen-bond donors (Lipinski definition) is 2. The van der Waals surface area contributed by atoms with Crippen LogP contribution < -0.4 is 9.64 Å². The lowest BCUT2D eigenvalue weighted by Gasteiger charge is -2.25. The number of nitrogens with zero attached hydrogens (tertiary/aromatic N) is 1. The van der Waals surface area contributed by atoms with Crippen LogP contribution in [-0.4, -0.2) is 42.4 Å². The van der Waals surface area contributed by atoms with Crippen LogP contribution in [0.5, 0.6) is 5.75 Å². The Morgan fingerprint density at radius 3 is 2.50 bits per heavy atom. The van der Waals surface area contributed by atoms with E-state index in [4.69, 9.17) is 4.74 Å². The zero-order valence-corrected chi connectivity index (χ0v) is 11.5. The highest BCUT2D eigenvalue weighted by atomic mass is 16.6. The summed E-state index contributed by atoms with van der Waals surface area (Å²) in [7, 11) is 0. The Bertz CT molecular complexity index is 429. The second kappa shape index (κ2) is 7.21. The molecule has 110 valence electrons. The fourth-order valence-electron chi connectivity index (χ4n) is 2.50. The predicted octanol–water partition coefficient (Wildman–Crippen LogP) is 0.403. The largest absolute Gasteiger partial charge is 0.491 e. The first kappa shape index (κ1) is 14.7. The topological polar surface area (TPSA) is 77.0 Å². The first-order valence-corrected chi connectivity index (χ1v) is 7.04. The normalized spacial score (nSPS) is 17.6. The van der Waals surface area contributed by atoms with Crippen LogP contribution in [0.3, 0.4) is 0 Å². The number of benzene rings is 1. The quantitative estimate of drug-likeness (QED) is 0.584. The average Bonchev–Trinajstić information content (AvgIpc) is 2.46. The summed E-state index contributed by atoms with van der Waals surface area (Å²) < 4.78 is 5.46. The molecule has 1 aromatic carbocycles. The van der Waals surface area contributed by atoms with Crippen molar-refractivity contribution in [2.24, 2.45) is 0 Å². The van der Waals surface area contributed by atoms with Crippen LogP contribution in [-0.2, 0) is 0 Å². The molecule has 6 heteroatoms. The summed E-state index contributed by atoms with van der Waals surface area (Å²) >= 11 is 0. The predicted molar refractivity (Wildman–Crippen MR) is 74.0 cm³/mol. The van der Waals surface area contributed by atoms with Gasteiger partial charge in [-0.15, -0.1) is 0 Å². The molecule has 0 aliphatic carbocycles. The molecule has 1 aliphatic heterocycles. The van der Waals surface area contributed by atoms with E-state index in [-0.39, 0.29) is 12.3 Å². The number of hydrogen-bond acceptors (Lipinski definition) is 4. The summed E-state index contributed by atoms with van der Waals surface area (Å²) in [4.78, 5) is 11.5. The van der Waals surface area contributed by atoms with Gasteiger partial charge < -0.3 is 14.7 Å². The van der Waals surface area contributed by atoms with Crippen LogP contribution in [0.15, 0.2) is 24.3 Å². The van der Waals surface area contributed by atoms with Crippen LogP contribution in [0.2, 0.25) is 0 Å². The fourth-order valence-corrected chi connectivity index (χ4v) is 2.50. The molecule has 0 saturated carbocycles. The minimum absolute atomic E-state index is 0.0376. The smallest absolute Gasteiger partial charge is 0.269 e. The summed E-state index contributed by atoms with van der Waals surface area (Å²) in [6.07, 6.45) is 3.24.